The maximum atomic E-state index is 12.0. The molecule has 2 N–H and O–H groups in total. The predicted octanol–water partition coefficient (Wildman–Crippen LogP) is 1.97. The van der Waals surface area contributed by atoms with Crippen LogP contribution in [0.5, 0.6) is 0 Å². The summed E-state index contributed by atoms with van der Waals surface area (Å²) in [6, 6.07) is 4.99. The molecule has 1 atom stereocenters. The second kappa shape index (κ2) is 6.14. The Balaban J connectivity index is 2.89. The van der Waals surface area contributed by atoms with Crippen LogP contribution in [0.4, 0.5) is 5.69 Å². The zero-order valence-electron chi connectivity index (χ0n) is 11.3. The predicted molar refractivity (Wildman–Crippen MR) is 71.5 cm³/mol. The van der Waals surface area contributed by atoms with E-state index in [-0.39, 0.29) is 11.3 Å². The summed E-state index contributed by atoms with van der Waals surface area (Å²) in [5, 5.41) is 22.1. The van der Waals surface area contributed by atoms with Gasteiger partial charge in [-0.05, 0) is 25.5 Å². The number of benzene rings is 1. The van der Waals surface area contributed by atoms with Gasteiger partial charge in [0.25, 0.3) is 11.6 Å². The fourth-order valence-electron chi connectivity index (χ4n) is 1.78. The number of hydrogen-bond acceptors (Lipinski definition) is 4. The van der Waals surface area contributed by atoms with Crippen LogP contribution in [0.2, 0.25) is 0 Å². The van der Waals surface area contributed by atoms with Gasteiger partial charge in [0.2, 0.25) is 0 Å². The summed E-state index contributed by atoms with van der Waals surface area (Å²) in [7, 11) is 0. The molecule has 0 aliphatic carbocycles. The maximum Gasteiger partial charge on any atom is 0.329 e. The van der Waals surface area contributed by atoms with E-state index in [0.717, 1.165) is 0 Å². The van der Waals surface area contributed by atoms with Gasteiger partial charge in [0, 0.05) is 17.7 Å². The molecule has 20 heavy (non-hydrogen) atoms. The normalized spacial score (nSPS) is 13.3. The SMILES string of the molecule is CCCC(C)(NC(=O)c1ccc([N+](=O)[O-])cc1)C(=O)O. The highest BCUT2D eigenvalue weighted by atomic mass is 16.6. The number of nitro groups is 1. The van der Waals surface area contributed by atoms with Gasteiger partial charge in [0.1, 0.15) is 5.54 Å². The summed E-state index contributed by atoms with van der Waals surface area (Å²) in [5.74, 6) is -1.69. The number of carboxylic acid groups (broad SMARTS) is 1. The molecule has 0 radical (unpaired) electrons. The first-order valence-electron chi connectivity index (χ1n) is 6.10. The molecule has 0 saturated carbocycles. The Morgan fingerprint density at radius 2 is 1.90 bits per heavy atom. The Morgan fingerprint density at radius 1 is 1.35 bits per heavy atom. The lowest BCUT2D eigenvalue weighted by Gasteiger charge is -2.25. The van der Waals surface area contributed by atoms with Crippen molar-refractivity contribution in [3.05, 3.63) is 39.9 Å². The number of non-ortho nitro benzene ring substituents is 1. The van der Waals surface area contributed by atoms with Crippen molar-refractivity contribution in [2.75, 3.05) is 0 Å². The highest BCUT2D eigenvalue weighted by molar-refractivity contribution is 5.97. The summed E-state index contributed by atoms with van der Waals surface area (Å²) >= 11 is 0. The van der Waals surface area contributed by atoms with Gasteiger partial charge in [-0.2, -0.15) is 0 Å². The zero-order chi connectivity index (χ0) is 15.3. The largest absolute Gasteiger partial charge is 0.480 e. The van der Waals surface area contributed by atoms with Crippen molar-refractivity contribution in [2.24, 2.45) is 0 Å². The first kappa shape index (κ1) is 15.6. The lowest BCUT2D eigenvalue weighted by atomic mass is 9.95. The smallest absolute Gasteiger partial charge is 0.329 e. The molecule has 1 unspecified atom stereocenters. The minimum absolute atomic E-state index is 0.129. The van der Waals surface area contributed by atoms with E-state index in [4.69, 9.17) is 0 Å². The second-order valence-electron chi connectivity index (χ2n) is 4.65. The van der Waals surface area contributed by atoms with Crippen LogP contribution in [0, 0.1) is 10.1 Å². The Morgan fingerprint density at radius 3 is 2.30 bits per heavy atom. The molecular weight excluding hydrogens is 264 g/mol. The van der Waals surface area contributed by atoms with Crippen LogP contribution >= 0.6 is 0 Å². The fraction of sp³-hybridized carbons (Fsp3) is 0.385. The number of aliphatic carboxylic acids is 1. The molecule has 0 aromatic heterocycles. The van der Waals surface area contributed by atoms with E-state index in [0.29, 0.717) is 12.8 Å². The quantitative estimate of drug-likeness (QED) is 0.611. The van der Waals surface area contributed by atoms with Crippen LogP contribution in [0.1, 0.15) is 37.0 Å². The molecule has 1 rings (SSSR count). The number of carbonyl (C=O) groups is 2. The summed E-state index contributed by atoms with van der Waals surface area (Å²) in [5.41, 5.74) is -1.30. The van der Waals surface area contributed by atoms with Crippen molar-refractivity contribution >= 4 is 17.6 Å². The molecule has 1 aromatic rings. The Labute approximate surface area is 115 Å². The molecule has 1 amide bonds. The molecule has 1 aromatic carbocycles. The number of rotatable bonds is 6. The van der Waals surface area contributed by atoms with E-state index in [9.17, 15) is 24.8 Å². The molecule has 7 heteroatoms. The molecule has 0 bridgehead atoms. The summed E-state index contributed by atoms with van der Waals surface area (Å²) in [6.07, 6.45) is 0.893. The van der Waals surface area contributed by atoms with Crippen molar-refractivity contribution in [3.63, 3.8) is 0 Å². The maximum absolute atomic E-state index is 12.0. The third-order valence-corrected chi connectivity index (χ3v) is 2.95. The van der Waals surface area contributed by atoms with Gasteiger partial charge in [0.15, 0.2) is 0 Å². The highest BCUT2D eigenvalue weighted by Gasteiger charge is 2.34. The first-order chi connectivity index (χ1) is 9.30. The lowest BCUT2D eigenvalue weighted by Crippen LogP contribution is -2.52. The minimum atomic E-state index is -1.35. The van der Waals surface area contributed by atoms with Crippen LogP contribution in [-0.2, 0) is 4.79 Å². The fourth-order valence-corrected chi connectivity index (χ4v) is 1.78. The van der Waals surface area contributed by atoms with Crippen LogP contribution in [0.25, 0.3) is 0 Å². The monoisotopic (exact) mass is 280 g/mol. The summed E-state index contributed by atoms with van der Waals surface area (Å²) in [4.78, 5) is 33.1. The summed E-state index contributed by atoms with van der Waals surface area (Å²) < 4.78 is 0. The average Bonchev–Trinajstić information content (AvgIpc) is 2.38. The van der Waals surface area contributed by atoms with E-state index in [2.05, 4.69) is 5.32 Å². The van der Waals surface area contributed by atoms with Gasteiger partial charge in [-0.15, -0.1) is 0 Å². The Bertz CT molecular complexity index is 526. The van der Waals surface area contributed by atoms with Gasteiger partial charge in [0.05, 0.1) is 4.92 Å². The number of nitrogens with one attached hydrogen (secondary N) is 1. The Hall–Kier alpha value is -2.44. The number of nitro benzene ring substituents is 1. The van der Waals surface area contributed by atoms with E-state index >= 15 is 0 Å². The highest BCUT2D eigenvalue weighted by Crippen LogP contribution is 2.16. The van der Waals surface area contributed by atoms with Crippen molar-refractivity contribution in [1.82, 2.24) is 5.32 Å². The van der Waals surface area contributed by atoms with Crippen LogP contribution in [-0.4, -0.2) is 27.4 Å². The van der Waals surface area contributed by atoms with Crippen molar-refractivity contribution < 1.29 is 19.6 Å². The van der Waals surface area contributed by atoms with Gasteiger partial charge in [-0.1, -0.05) is 13.3 Å². The molecule has 0 fully saturated rings. The van der Waals surface area contributed by atoms with E-state index < -0.39 is 22.3 Å². The summed E-state index contributed by atoms with van der Waals surface area (Å²) in [6.45, 7) is 3.25. The van der Waals surface area contributed by atoms with Gasteiger partial charge < -0.3 is 10.4 Å². The van der Waals surface area contributed by atoms with Crippen LogP contribution in [0.3, 0.4) is 0 Å². The topological polar surface area (TPSA) is 110 Å². The van der Waals surface area contributed by atoms with Gasteiger partial charge >= 0.3 is 5.97 Å². The molecular formula is C13H16N2O5. The third kappa shape index (κ3) is 3.53. The van der Waals surface area contributed by atoms with Crippen molar-refractivity contribution in [3.8, 4) is 0 Å². The van der Waals surface area contributed by atoms with Crippen molar-refractivity contribution in [2.45, 2.75) is 32.2 Å². The molecule has 0 saturated heterocycles. The molecule has 0 aliphatic rings. The number of carboxylic acids is 1. The molecule has 7 nitrogen and oxygen atoms in total. The van der Waals surface area contributed by atoms with Crippen molar-refractivity contribution in [1.29, 1.82) is 0 Å². The second-order valence-corrected chi connectivity index (χ2v) is 4.65. The van der Waals surface area contributed by atoms with E-state index in [1.807, 2.05) is 6.92 Å². The van der Waals surface area contributed by atoms with Gasteiger partial charge in [-0.3, -0.25) is 14.9 Å². The Kier molecular flexibility index (Phi) is 4.79. The van der Waals surface area contributed by atoms with Crippen LogP contribution in [0.15, 0.2) is 24.3 Å². The van der Waals surface area contributed by atoms with Gasteiger partial charge in [-0.25, -0.2) is 4.79 Å². The van der Waals surface area contributed by atoms with Crippen LogP contribution < -0.4 is 5.32 Å². The lowest BCUT2D eigenvalue weighted by molar-refractivity contribution is -0.384. The van der Waals surface area contributed by atoms with E-state index in [1.54, 1.807) is 0 Å². The number of carbonyl (C=O) groups excluding carboxylic acids is 1. The zero-order valence-corrected chi connectivity index (χ0v) is 11.3. The third-order valence-electron chi connectivity index (χ3n) is 2.95. The number of nitrogens with zero attached hydrogens (tertiary/aromatic N) is 1. The molecule has 108 valence electrons. The molecule has 0 spiro atoms. The standard InChI is InChI=1S/C13H16N2O5/c1-3-8-13(2,12(17)18)14-11(16)9-4-6-10(7-5-9)15(19)20/h4-7H,3,8H2,1-2H3,(H,14,16)(H,17,18). The minimum Gasteiger partial charge on any atom is -0.480 e. The molecule has 0 aliphatic heterocycles. The number of hydrogen-bond donors (Lipinski definition) is 2. The first-order valence-corrected chi connectivity index (χ1v) is 6.10. The molecule has 0 heterocycles. The number of amides is 1. The van der Waals surface area contributed by atoms with E-state index in [1.165, 1.54) is 31.2 Å². The average molecular weight is 280 g/mol.